The molecule has 0 bridgehead atoms. The van der Waals surface area contributed by atoms with Crippen LogP contribution in [-0.4, -0.2) is 41.6 Å². The molecule has 1 saturated carbocycles. The van der Waals surface area contributed by atoms with Crippen molar-refractivity contribution in [3.05, 3.63) is 18.0 Å². The molecule has 1 aromatic heterocycles. The normalized spacial score (nSPS) is 27.5. The number of hydrogen-bond donors (Lipinski definition) is 1. The van der Waals surface area contributed by atoms with Crippen LogP contribution in [0.15, 0.2) is 12.4 Å². The molecule has 1 aromatic rings. The van der Waals surface area contributed by atoms with E-state index in [0.29, 0.717) is 5.92 Å². The third kappa shape index (κ3) is 2.71. The van der Waals surface area contributed by atoms with Gasteiger partial charge >= 0.3 is 0 Å². The van der Waals surface area contributed by atoms with Crippen molar-refractivity contribution in [2.45, 2.75) is 37.5 Å². The smallest absolute Gasteiger partial charge is 0.254 e. The molecule has 2 aliphatic rings. The summed E-state index contributed by atoms with van der Waals surface area (Å²) in [5.41, 5.74) is 0.773. The van der Waals surface area contributed by atoms with Crippen molar-refractivity contribution >= 4 is 5.91 Å². The van der Waals surface area contributed by atoms with Crippen LogP contribution in [-0.2, 0) is 21.3 Å². The molecule has 6 nitrogen and oxygen atoms in total. The molecule has 3 atom stereocenters. The topological polar surface area (TPSA) is 65.4 Å². The van der Waals surface area contributed by atoms with Crippen molar-refractivity contribution in [2.24, 2.45) is 13.0 Å². The van der Waals surface area contributed by atoms with E-state index in [0.717, 1.165) is 18.6 Å². The number of carbonyl (C=O) groups is 1. The van der Waals surface area contributed by atoms with Crippen molar-refractivity contribution in [1.29, 1.82) is 0 Å². The SMILES string of the molecule is COC(C(=O)NC1CCOC1C1CC1)c1cnn(C)c1. The van der Waals surface area contributed by atoms with Gasteiger partial charge in [-0.3, -0.25) is 9.48 Å². The molecule has 1 aliphatic heterocycles. The fourth-order valence-corrected chi connectivity index (χ4v) is 2.88. The molecule has 1 aliphatic carbocycles. The van der Waals surface area contributed by atoms with Gasteiger partial charge in [0.25, 0.3) is 5.91 Å². The Kier molecular flexibility index (Phi) is 3.76. The summed E-state index contributed by atoms with van der Waals surface area (Å²) in [6.45, 7) is 0.733. The lowest BCUT2D eigenvalue weighted by molar-refractivity contribution is -0.132. The molecule has 2 fully saturated rings. The third-order valence-electron chi connectivity index (χ3n) is 4.05. The van der Waals surface area contributed by atoms with Crippen LogP contribution >= 0.6 is 0 Å². The zero-order chi connectivity index (χ0) is 14.1. The second-order valence-corrected chi connectivity index (χ2v) is 5.64. The minimum Gasteiger partial charge on any atom is -0.376 e. The third-order valence-corrected chi connectivity index (χ3v) is 4.05. The monoisotopic (exact) mass is 279 g/mol. The van der Waals surface area contributed by atoms with Gasteiger partial charge in [0.05, 0.1) is 18.3 Å². The number of nitrogens with one attached hydrogen (secondary N) is 1. The summed E-state index contributed by atoms with van der Waals surface area (Å²) >= 11 is 0. The van der Waals surface area contributed by atoms with Crippen molar-refractivity contribution in [3.63, 3.8) is 0 Å². The molecule has 0 radical (unpaired) electrons. The molecule has 1 N–H and O–H groups in total. The average molecular weight is 279 g/mol. The Morgan fingerprint density at radius 1 is 1.55 bits per heavy atom. The predicted octanol–water partition coefficient (Wildman–Crippen LogP) is 0.791. The summed E-state index contributed by atoms with van der Waals surface area (Å²) in [4.78, 5) is 12.4. The van der Waals surface area contributed by atoms with E-state index in [1.807, 2.05) is 7.05 Å². The molecular weight excluding hydrogens is 258 g/mol. The molecule has 20 heavy (non-hydrogen) atoms. The molecule has 0 spiro atoms. The minimum atomic E-state index is -0.607. The van der Waals surface area contributed by atoms with Gasteiger partial charge in [-0.2, -0.15) is 5.10 Å². The Hall–Kier alpha value is -1.40. The van der Waals surface area contributed by atoms with E-state index in [4.69, 9.17) is 9.47 Å². The van der Waals surface area contributed by atoms with E-state index in [1.165, 1.54) is 12.8 Å². The highest BCUT2D eigenvalue weighted by atomic mass is 16.5. The van der Waals surface area contributed by atoms with Crippen LogP contribution < -0.4 is 5.32 Å². The van der Waals surface area contributed by atoms with Gasteiger partial charge in [0.2, 0.25) is 0 Å². The zero-order valence-electron chi connectivity index (χ0n) is 11.9. The number of aryl methyl sites for hydroxylation is 1. The van der Waals surface area contributed by atoms with Crippen molar-refractivity contribution in [3.8, 4) is 0 Å². The van der Waals surface area contributed by atoms with Crippen molar-refractivity contribution < 1.29 is 14.3 Å². The highest BCUT2D eigenvalue weighted by Gasteiger charge is 2.41. The maximum atomic E-state index is 12.4. The van der Waals surface area contributed by atoms with Crippen LogP contribution in [0.1, 0.15) is 30.9 Å². The number of rotatable bonds is 5. The fraction of sp³-hybridized carbons (Fsp3) is 0.714. The summed E-state index contributed by atoms with van der Waals surface area (Å²) in [7, 11) is 3.36. The maximum absolute atomic E-state index is 12.4. The van der Waals surface area contributed by atoms with Gasteiger partial charge in [-0.1, -0.05) is 0 Å². The van der Waals surface area contributed by atoms with Crippen LogP contribution in [0.3, 0.4) is 0 Å². The second kappa shape index (κ2) is 5.54. The van der Waals surface area contributed by atoms with Gasteiger partial charge in [-0.15, -0.1) is 0 Å². The van der Waals surface area contributed by atoms with E-state index in [2.05, 4.69) is 10.4 Å². The molecule has 3 unspecified atom stereocenters. The number of nitrogens with zero attached hydrogens (tertiary/aromatic N) is 2. The molecule has 2 heterocycles. The van der Waals surface area contributed by atoms with Gasteiger partial charge in [0, 0.05) is 32.5 Å². The molecule has 110 valence electrons. The maximum Gasteiger partial charge on any atom is 0.254 e. The predicted molar refractivity (Wildman–Crippen MR) is 72.0 cm³/mol. The zero-order valence-corrected chi connectivity index (χ0v) is 11.9. The summed E-state index contributed by atoms with van der Waals surface area (Å²) < 4.78 is 12.7. The largest absolute Gasteiger partial charge is 0.376 e. The van der Waals surface area contributed by atoms with Crippen LogP contribution in [0.25, 0.3) is 0 Å². The lowest BCUT2D eigenvalue weighted by atomic mass is 10.1. The van der Waals surface area contributed by atoms with E-state index >= 15 is 0 Å². The first-order valence-corrected chi connectivity index (χ1v) is 7.12. The fourth-order valence-electron chi connectivity index (χ4n) is 2.88. The molecule has 0 aromatic carbocycles. The van der Waals surface area contributed by atoms with Gasteiger partial charge in [-0.25, -0.2) is 0 Å². The van der Waals surface area contributed by atoms with Crippen LogP contribution in [0, 0.1) is 5.92 Å². The van der Waals surface area contributed by atoms with Crippen LogP contribution in [0.4, 0.5) is 0 Å². The highest BCUT2D eigenvalue weighted by molar-refractivity contribution is 5.82. The Labute approximate surface area is 118 Å². The molecule has 6 heteroatoms. The Morgan fingerprint density at radius 2 is 2.35 bits per heavy atom. The summed E-state index contributed by atoms with van der Waals surface area (Å²) in [5.74, 6) is 0.517. The first-order chi connectivity index (χ1) is 9.69. The summed E-state index contributed by atoms with van der Waals surface area (Å²) in [6, 6.07) is 0.115. The minimum absolute atomic E-state index is 0.110. The van der Waals surface area contributed by atoms with Gasteiger partial charge in [0.15, 0.2) is 6.10 Å². The van der Waals surface area contributed by atoms with Gasteiger partial charge in [-0.05, 0) is 25.2 Å². The average Bonchev–Trinajstić information content (AvgIpc) is 3.02. The van der Waals surface area contributed by atoms with Crippen molar-refractivity contribution in [1.82, 2.24) is 15.1 Å². The van der Waals surface area contributed by atoms with E-state index in [1.54, 1.807) is 24.2 Å². The number of aromatic nitrogens is 2. The van der Waals surface area contributed by atoms with Gasteiger partial charge < -0.3 is 14.8 Å². The quantitative estimate of drug-likeness (QED) is 0.865. The van der Waals surface area contributed by atoms with Crippen molar-refractivity contribution in [2.75, 3.05) is 13.7 Å². The van der Waals surface area contributed by atoms with E-state index < -0.39 is 6.10 Å². The van der Waals surface area contributed by atoms with Gasteiger partial charge in [0.1, 0.15) is 0 Å². The van der Waals surface area contributed by atoms with E-state index in [-0.39, 0.29) is 18.1 Å². The molecule has 3 rings (SSSR count). The molecular formula is C14H21N3O3. The Morgan fingerprint density at radius 3 is 2.95 bits per heavy atom. The number of methoxy groups -OCH3 is 1. The molecule has 1 amide bonds. The number of amides is 1. The lowest BCUT2D eigenvalue weighted by Crippen LogP contribution is -2.43. The summed E-state index contributed by atoms with van der Waals surface area (Å²) in [6.07, 6.45) is 6.36. The molecule has 1 saturated heterocycles. The second-order valence-electron chi connectivity index (χ2n) is 5.64. The standard InChI is InChI=1S/C14H21N3O3/c1-17-8-10(7-15-17)13(19-2)14(18)16-11-5-6-20-12(11)9-3-4-9/h7-9,11-13H,3-6H2,1-2H3,(H,16,18). The Balaban J connectivity index is 1.65. The summed E-state index contributed by atoms with van der Waals surface area (Å²) in [5, 5.41) is 7.17. The van der Waals surface area contributed by atoms with Crippen LogP contribution in [0.5, 0.6) is 0 Å². The first kappa shape index (κ1) is 13.6. The van der Waals surface area contributed by atoms with Crippen LogP contribution in [0.2, 0.25) is 0 Å². The number of carbonyl (C=O) groups excluding carboxylic acids is 1. The Bertz CT molecular complexity index is 484. The first-order valence-electron chi connectivity index (χ1n) is 7.12. The lowest BCUT2D eigenvalue weighted by Gasteiger charge is -2.22. The number of ether oxygens (including phenoxy) is 2. The number of hydrogen-bond acceptors (Lipinski definition) is 4. The van der Waals surface area contributed by atoms with E-state index in [9.17, 15) is 4.79 Å². The highest BCUT2D eigenvalue weighted by Crippen LogP contribution is 2.38.